The summed E-state index contributed by atoms with van der Waals surface area (Å²) in [6.45, 7) is 2.87. The summed E-state index contributed by atoms with van der Waals surface area (Å²) in [5, 5.41) is 0. The molecule has 2 aromatic rings. The summed E-state index contributed by atoms with van der Waals surface area (Å²) >= 11 is 0. The average molecular weight is 451 g/mol. The lowest BCUT2D eigenvalue weighted by atomic mass is 9.98. The SMILES string of the molecule is CC[C@@H](CS(=O)(=O)CCCOCn1ccc(=O)[nH]c1=O)c1cccc(OCC2CC2)c1. The molecular weight excluding hydrogens is 420 g/mol. The van der Waals surface area contributed by atoms with Gasteiger partial charge in [-0.05, 0) is 55.2 Å². The summed E-state index contributed by atoms with van der Waals surface area (Å²) in [6, 6.07) is 8.97. The van der Waals surface area contributed by atoms with Gasteiger partial charge in [-0.3, -0.25) is 14.3 Å². The molecule has 9 heteroatoms. The molecule has 1 aromatic carbocycles. The molecule has 1 aromatic heterocycles. The molecule has 1 aliphatic rings. The summed E-state index contributed by atoms with van der Waals surface area (Å²) in [5.41, 5.74) is -0.0554. The first-order valence-corrected chi connectivity index (χ1v) is 12.5. The molecule has 0 unspecified atom stereocenters. The van der Waals surface area contributed by atoms with Crippen LogP contribution in [0, 0.1) is 5.92 Å². The number of benzene rings is 1. The normalized spacial score (nSPS) is 15.0. The highest BCUT2D eigenvalue weighted by molar-refractivity contribution is 7.91. The second-order valence-corrected chi connectivity index (χ2v) is 10.2. The number of nitrogens with zero attached hydrogens (tertiary/aromatic N) is 1. The van der Waals surface area contributed by atoms with Crippen LogP contribution < -0.4 is 16.0 Å². The van der Waals surface area contributed by atoms with Gasteiger partial charge in [0.2, 0.25) is 0 Å². The molecule has 8 nitrogen and oxygen atoms in total. The van der Waals surface area contributed by atoms with Gasteiger partial charge < -0.3 is 9.47 Å². The van der Waals surface area contributed by atoms with E-state index in [9.17, 15) is 18.0 Å². The van der Waals surface area contributed by atoms with Crippen LogP contribution in [0.5, 0.6) is 5.75 Å². The fraction of sp³-hybridized carbons (Fsp3) is 0.545. The first kappa shape index (κ1) is 23.3. The summed E-state index contributed by atoms with van der Waals surface area (Å²) in [4.78, 5) is 24.8. The van der Waals surface area contributed by atoms with Crippen molar-refractivity contribution in [3.05, 3.63) is 62.9 Å². The maximum absolute atomic E-state index is 12.6. The largest absolute Gasteiger partial charge is 0.493 e. The lowest BCUT2D eigenvalue weighted by Crippen LogP contribution is -2.29. The Bertz CT molecular complexity index is 1070. The van der Waals surface area contributed by atoms with Gasteiger partial charge in [-0.1, -0.05) is 19.1 Å². The Kier molecular flexibility index (Phi) is 8.09. The van der Waals surface area contributed by atoms with Crippen LogP contribution in [0.25, 0.3) is 0 Å². The van der Waals surface area contributed by atoms with Crippen molar-refractivity contribution in [2.45, 2.75) is 45.3 Å². The molecule has 3 rings (SSSR count). The average Bonchev–Trinajstić information content (AvgIpc) is 3.56. The minimum atomic E-state index is -3.27. The predicted octanol–water partition coefficient (Wildman–Crippen LogP) is 2.30. The Balaban J connectivity index is 1.46. The molecule has 170 valence electrons. The Labute approximate surface area is 182 Å². The van der Waals surface area contributed by atoms with Crippen LogP contribution in [0.15, 0.2) is 46.1 Å². The molecule has 0 spiro atoms. The van der Waals surface area contributed by atoms with Crippen molar-refractivity contribution in [1.29, 1.82) is 0 Å². The Morgan fingerprint density at radius 3 is 2.74 bits per heavy atom. The molecule has 1 atom stereocenters. The number of rotatable bonds is 13. The quantitative estimate of drug-likeness (QED) is 0.469. The van der Waals surface area contributed by atoms with Gasteiger partial charge >= 0.3 is 5.69 Å². The van der Waals surface area contributed by atoms with Crippen molar-refractivity contribution >= 4 is 9.84 Å². The van der Waals surface area contributed by atoms with Crippen molar-refractivity contribution in [1.82, 2.24) is 9.55 Å². The van der Waals surface area contributed by atoms with Gasteiger partial charge in [-0.25, -0.2) is 13.2 Å². The van der Waals surface area contributed by atoms with E-state index in [1.165, 1.54) is 29.7 Å². The minimum Gasteiger partial charge on any atom is -0.493 e. The van der Waals surface area contributed by atoms with Crippen LogP contribution in [-0.2, 0) is 21.3 Å². The number of hydrogen-bond acceptors (Lipinski definition) is 6. The first-order valence-electron chi connectivity index (χ1n) is 10.7. The van der Waals surface area contributed by atoms with Gasteiger partial charge in [0.1, 0.15) is 12.5 Å². The van der Waals surface area contributed by atoms with E-state index >= 15 is 0 Å². The second-order valence-electron chi connectivity index (χ2n) is 8.02. The molecule has 31 heavy (non-hydrogen) atoms. The van der Waals surface area contributed by atoms with Crippen LogP contribution in [-0.4, -0.2) is 42.7 Å². The molecule has 1 heterocycles. The summed E-state index contributed by atoms with van der Waals surface area (Å²) < 4.78 is 37.7. The molecule has 0 aliphatic heterocycles. The standard InChI is InChI=1S/C22H30N2O6S/c1-2-18(19-5-3-6-20(13-19)30-14-17-7-8-17)15-31(27,28)12-4-11-29-16-24-10-9-21(25)23-22(24)26/h3,5-6,9-10,13,17-18H,2,4,7-8,11-12,14-16H2,1H3,(H,23,25,26)/t18-/m0/s1. The van der Waals surface area contributed by atoms with Gasteiger partial charge in [0.15, 0.2) is 9.84 Å². The van der Waals surface area contributed by atoms with E-state index in [4.69, 9.17) is 9.47 Å². The van der Waals surface area contributed by atoms with Gasteiger partial charge in [0.25, 0.3) is 5.56 Å². The fourth-order valence-corrected chi connectivity index (χ4v) is 5.05. The minimum absolute atomic E-state index is 0.0158. The molecule has 0 bridgehead atoms. The highest BCUT2D eigenvalue weighted by Gasteiger charge is 2.23. The van der Waals surface area contributed by atoms with E-state index in [2.05, 4.69) is 4.98 Å². The number of sulfone groups is 1. The fourth-order valence-electron chi connectivity index (χ4n) is 3.29. The number of aromatic amines is 1. The van der Waals surface area contributed by atoms with E-state index in [1.54, 1.807) is 0 Å². The number of ether oxygens (including phenoxy) is 2. The Morgan fingerprint density at radius 2 is 2.03 bits per heavy atom. The van der Waals surface area contributed by atoms with E-state index < -0.39 is 21.1 Å². The number of H-pyrrole nitrogens is 1. The molecule has 1 saturated carbocycles. The van der Waals surface area contributed by atoms with Gasteiger partial charge in [0.05, 0.1) is 18.1 Å². The number of aromatic nitrogens is 2. The monoisotopic (exact) mass is 450 g/mol. The number of hydrogen-bond donors (Lipinski definition) is 1. The Morgan fingerprint density at radius 1 is 1.23 bits per heavy atom. The van der Waals surface area contributed by atoms with Crippen molar-refractivity contribution in [2.24, 2.45) is 5.92 Å². The molecule has 1 aliphatic carbocycles. The molecule has 0 radical (unpaired) electrons. The summed E-state index contributed by atoms with van der Waals surface area (Å²) in [7, 11) is -3.27. The zero-order chi connectivity index (χ0) is 22.3. The lowest BCUT2D eigenvalue weighted by Gasteiger charge is -2.17. The van der Waals surface area contributed by atoms with Crippen LogP contribution >= 0.6 is 0 Å². The van der Waals surface area contributed by atoms with E-state index in [1.807, 2.05) is 31.2 Å². The van der Waals surface area contributed by atoms with E-state index in [0.29, 0.717) is 12.3 Å². The zero-order valence-electron chi connectivity index (χ0n) is 17.8. The predicted molar refractivity (Wildman–Crippen MR) is 118 cm³/mol. The molecule has 0 saturated heterocycles. The zero-order valence-corrected chi connectivity index (χ0v) is 18.6. The van der Waals surface area contributed by atoms with Crippen molar-refractivity contribution in [2.75, 3.05) is 24.7 Å². The Hall–Kier alpha value is -2.39. The van der Waals surface area contributed by atoms with Crippen LogP contribution in [0.2, 0.25) is 0 Å². The van der Waals surface area contributed by atoms with E-state index in [0.717, 1.165) is 24.3 Å². The topological polar surface area (TPSA) is 107 Å². The molecular formula is C22H30N2O6S. The third kappa shape index (κ3) is 7.66. The third-order valence-corrected chi connectivity index (χ3v) is 7.15. The van der Waals surface area contributed by atoms with E-state index in [-0.39, 0.29) is 30.8 Å². The van der Waals surface area contributed by atoms with Gasteiger partial charge in [-0.2, -0.15) is 0 Å². The van der Waals surface area contributed by atoms with Crippen LogP contribution in [0.1, 0.15) is 44.1 Å². The second kappa shape index (κ2) is 10.8. The van der Waals surface area contributed by atoms with Crippen molar-refractivity contribution in [3.8, 4) is 5.75 Å². The summed E-state index contributed by atoms with van der Waals surface area (Å²) in [5.74, 6) is 1.47. The maximum atomic E-state index is 12.6. The van der Waals surface area contributed by atoms with Crippen molar-refractivity contribution < 1.29 is 17.9 Å². The number of nitrogens with one attached hydrogen (secondary N) is 1. The lowest BCUT2D eigenvalue weighted by molar-refractivity contribution is 0.0745. The van der Waals surface area contributed by atoms with Gasteiger partial charge in [0, 0.05) is 18.9 Å². The molecule has 1 N–H and O–H groups in total. The molecule has 1 fully saturated rings. The van der Waals surface area contributed by atoms with Crippen molar-refractivity contribution in [3.63, 3.8) is 0 Å². The smallest absolute Gasteiger partial charge is 0.330 e. The van der Waals surface area contributed by atoms with Gasteiger partial charge in [-0.15, -0.1) is 0 Å². The third-order valence-electron chi connectivity index (χ3n) is 5.33. The highest BCUT2D eigenvalue weighted by atomic mass is 32.2. The van der Waals surface area contributed by atoms with Crippen LogP contribution in [0.4, 0.5) is 0 Å². The van der Waals surface area contributed by atoms with Crippen LogP contribution in [0.3, 0.4) is 0 Å². The maximum Gasteiger partial charge on any atom is 0.330 e. The highest BCUT2D eigenvalue weighted by Crippen LogP contribution is 2.30. The summed E-state index contributed by atoms with van der Waals surface area (Å²) in [6.07, 6.45) is 4.84. The first-order chi connectivity index (χ1) is 14.9. The molecule has 0 amide bonds.